The average Bonchev–Trinajstić information content (AvgIpc) is 2.65. The molecule has 2 amide bonds. The first-order valence-electron chi connectivity index (χ1n) is 8.76. The molecule has 7 heteroatoms. The first-order chi connectivity index (χ1) is 12.8. The minimum Gasteiger partial charge on any atom is -0.508 e. The number of hydrogen-bond donors (Lipinski definition) is 2. The smallest absolute Gasteiger partial charge is 0.253 e. The third-order valence-electron chi connectivity index (χ3n) is 4.78. The number of nitrogens with one attached hydrogen (secondary N) is 1. The second-order valence-electron chi connectivity index (χ2n) is 6.64. The van der Waals surface area contributed by atoms with Gasteiger partial charge in [-0.15, -0.1) is 11.8 Å². The first kappa shape index (κ1) is 19.2. The SMILES string of the molecule is C/C=C\C1=C(C(C)=O)N2C(=O)C(NC(=O)C(C)c3ccc(O)cc3)C2SC1. The van der Waals surface area contributed by atoms with E-state index in [2.05, 4.69) is 5.32 Å². The van der Waals surface area contributed by atoms with Crippen LogP contribution in [0.4, 0.5) is 0 Å². The molecule has 27 heavy (non-hydrogen) atoms. The highest BCUT2D eigenvalue weighted by Crippen LogP contribution is 2.41. The molecule has 1 saturated heterocycles. The molecular weight excluding hydrogens is 364 g/mol. The molecule has 2 heterocycles. The maximum absolute atomic E-state index is 12.7. The first-order valence-corrected chi connectivity index (χ1v) is 9.80. The number of benzene rings is 1. The second-order valence-corrected chi connectivity index (χ2v) is 7.74. The number of β-lactam (4-membered cyclic amide) rings is 1. The summed E-state index contributed by atoms with van der Waals surface area (Å²) in [6.45, 7) is 5.08. The van der Waals surface area contributed by atoms with Gasteiger partial charge in [0.15, 0.2) is 5.78 Å². The van der Waals surface area contributed by atoms with Crippen molar-refractivity contribution in [2.24, 2.45) is 0 Å². The third kappa shape index (κ3) is 3.51. The van der Waals surface area contributed by atoms with E-state index in [4.69, 9.17) is 0 Å². The lowest BCUT2D eigenvalue weighted by molar-refractivity contribution is -0.147. The minimum atomic E-state index is -0.636. The van der Waals surface area contributed by atoms with E-state index in [1.807, 2.05) is 19.1 Å². The molecule has 0 bridgehead atoms. The lowest BCUT2D eigenvalue weighted by atomic mass is 9.97. The molecule has 0 aliphatic carbocycles. The van der Waals surface area contributed by atoms with Crippen molar-refractivity contribution in [3.63, 3.8) is 0 Å². The molecule has 0 saturated carbocycles. The van der Waals surface area contributed by atoms with Gasteiger partial charge >= 0.3 is 0 Å². The van der Waals surface area contributed by atoms with Crippen molar-refractivity contribution in [1.82, 2.24) is 10.2 Å². The number of hydrogen-bond acceptors (Lipinski definition) is 5. The van der Waals surface area contributed by atoms with Crippen molar-refractivity contribution in [3.05, 3.63) is 53.3 Å². The van der Waals surface area contributed by atoms with Crippen LogP contribution in [0.1, 0.15) is 32.3 Å². The normalized spacial score (nSPS) is 23.1. The van der Waals surface area contributed by atoms with Crippen molar-refractivity contribution >= 4 is 29.4 Å². The Hall–Kier alpha value is -2.54. The van der Waals surface area contributed by atoms with E-state index in [0.29, 0.717) is 11.4 Å². The van der Waals surface area contributed by atoms with Gasteiger partial charge < -0.3 is 10.4 Å². The summed E-state index contributed by atoms with van der Waals surface area (Å²) in [5, 5.41) is 11.9. The zero-order valence-corrected chi connectivity index (χ0v) is 16.2. The molecule has 2 N–H and O–H groups in total. The van der Waals surface area contributed by atoms with Gasteiger partial charge in [-0.25, -0.2) is 0 Å². The molecule has 2 aliphatic heterocycles. The summed E-state index contributed by atoms with van der Waals surface area (Å²) < 4.78 is 0. The van der Waals surface area contributed by atoms with Gasteiger partial charge in [0, 0.05) is 12.7 Å². The van der Waals surface area contributed by atoms with Crippen LogP contribution in [0, 0.1) is 0 Å². The molecule has 1 fully saturated rings. The molecule has 0 spiro atoms. The van der Waals surface area contributed by atoms with Gasteiger partial charge in [-0.05, 0) is 37.1 Å². The molecule has 3 atom stereocenters. The average molecular weight is 386 g/mol. The molecular formula is C20H22N2O4S. The number of rotatable bonds is 5. The maximum Gasteiger partial charge on any atom is 0.253 e. The Balaban J connectivity index is 1.74. The van der Waals surface area contributed by atoms with Crippen molar-refractivity contribution in [3.8, 4) is 5.75 Å². The van der Waals surface area contributed by atoms with Gasteiger partial charge in [0.05, 0.1) is 11.6 Å². The lowest BCUT2D eigenvalue weighted by Crippen LogP contribution is -2.70. The molecule has 1 aromatic carbocycles. The van der Waals surface area contributed by atoms with Crippen LogP contribution < -0.4 is 5.32 Å². The highest BCUT2D eigenvalue weighted by atomic mass is 32.2. The Morgan fingerprint density at radius 3 is 2.59 bits per heavy atom. The zero-order chi connectivity index (χ0) is 19.7. The van der Waals surface area contributed by atoms with Gasteiger partial charge in [-0.2, -0.15) is 0 Å². The topological polar surface area (TPSA) is 86.7 Å². The minimum absolute atomic E-state index is 0.134. The Bertz CT molecular complexity index is 844. The van der Waals surface area contributed by atoms with Crippen LogP contribution in [0.25, 0.3) is 0 Å². The number of ketones is 1. The molecule has 0 radical (unpaired) electrons. The van der Waals surface area contributed by atoms with Crippen LogP contribution in [0.5, 0.6) is 5.75 Å². The number of thioether (sulfide) groups is 1. The number of phenolic OH excluding ortho intramolecular Hbond substituents is 1. The standard InChI is InChI=1S/C20H22N2O4S/c1-4-5-14-10-27-20-16(19(26)22(20)17(14)12(3)23)21-18(25)11(2)13-6-8-15(24)9-7-13/h4-9,11,16,20,24H,10H2,1-3H3,(H,21,25)/b5-4-. The van der Waals surface area contributed by atoms with E-state index in [0.717, 1.165) is 11.1 Å². The van der Waals surface area contributed by atoms with E-state index in [1.165, 1.54) is 24.0 Å². The van der Waals surface area contributed by atoms with Crippen molar-refractivity contribution in [2.75, 3.05) is 5.75 Å². The van der Waals surface area contributed by atoms with Crippen LogP contribution in [0.3, 0.4) is 0 Å². The number of nitrogens with zero attached hydrogens (tertiary/aromatic N) is 1. The van der Waals surface area contributed by atoms with E-state index in [1.54, 1.807) is 30.8 Å². The highest BCUT2D eigenvalue weighted by molar-refractivity contribution is 8.00. The van der Waals surface area contributed by atoms with Crippen LogP contribution >= 0.6 is 11.8 Å². The van der Waals surface area contributed by atoms with Crippen LogP contribution in [0.15, 0.2) is 47.7 Å². The van der Waals surface area contributed by atoms with Crippen LogP contribution in [-0.2, 0) is 14.4 Å². The zero-order valence-electron chi connectivity index (χ0n) is 15.4. The molecule has 142 valence electrons. The van der Waals surface area contributed by atoms with Crippen molar-refractivity contribution in [2.45, 2.75) is 38.1 Å². The fourth-order valence-electron chi connectivity index (χ4n) is 3.32. The summed E-state index contributed by atoms with van der Waals surface area (Å²) in [4.78, 5) is 38.8. The Labute approximate surface area is 162 Å². The number of allylic oxidation sites excluding steroid dienone is 3. The van der Waals surface area contributed by atoms with Crippen LogP contribution in [0.2, 0.25) is 0 Å². The summed E-state index contributed by atoms with van der Waals surface area (Å²) in [5.41, 5.74) is 2.02. The maximum atomic E-state index is 12.7. The van der Waals surface area contributed by atoms with Gasteiger partial charge in [0.25, 0.3) is 5.91 Å². The van der Waals surface area contributed by atoms with Gasteiger partial charge in [0.2, 0.25) is 5.91 Å². The second kappa shape index (κ2) is 7.60. The Morgan fingerprint density at radius 1 is 1.33 bits per heavy atom. The predicted molar refractivity (Wildman–Crippen MR) is 104 cm³/mol. The van der Waals surface area contributed by atoms with E-state index in [9.17, 15) is 19.5 Å². The summed E-state index contributed by atoms with van der Waals surface area (Å²) >= 11 is 1.54. The number of carbonyl (C=O) groups excluding carboxylic acids is 3. The predicted octanol–water partition coefficient (Wildman–Crippen LogP) is 2.31. The fourth-order valence-corrected chi connectivity index (χ4v) is 4.64. The Morgan fingerprint density at radius 2 is 2.00 bits per heavy atom. The van der Waals surface area contributed by atoms with Gasteiger partial charge in [-0.3, -0.25) is 19.3 Å². The third-order valence-corrected chi connectivity index (χ3v) is 6.09. The molecule has 0 aromatic heterocycles. The van der Waals surface area contributed by atoms with E-state index >= 15 is 0 Å². The van der Waals surface area contributed by atoms with Crippen molar-refractivity contribution in [1.29, 1.82) is 0 Å². The molecule has 6 nitrogen and oxygen atoms in total. The van der Waals surface area contributed by atoms with Crippen LogP contribution in [-0.4, -0.2) is 44.8 Å². The quantitative estimate of drug-likeness (QED) is 0.759. The summed E-state index contributed by atoms with van der Waals surface area (Å²) in [5.74, 6) is -0.368. The largest absolute Gasteiger partial charge is 0.508 e. The lowest BCUT2D eigenvalue weighted by Gasteiger charge is -2.50. The number of amides is 2. The molecule has 2 aliphatic rings. The fraction of sp³-hybridized carbons (Fsp3) is 0.350. The highest BCUT2D eigenvalue weighted by Gasteiger charge is 2.53. The Kier molecular flexibility index (Phi) is 5.41. The van der Waals surface area contributed by atoms with Gasteiger partial charge in [-0.1, -0.05) is 24.3 Å². The van der Waals surface area contributed by atoms with Gasteiger partial charge in [0.1, 0.15) is 17.2 Å². The number of aromatic hydroxyl groups is 1. The number of Topliss-reactive ketones (excluding diaryl/α,β-unsaturated/α-hetero) is 1. The number of phenols is 1. The number of carbonyl (C=O) groups is 3. The molecule has 3 rings (SSSR count). The summed E-state index contributed by atoms with van der Waals surface area (Å²) in [6, 6.07) is 5.79. The van der Waals surface area contributed by atoms with E-state index < -0.39 is 12.0 Å². The molecule has 1 aromatic rings. The number of fused-ring (bicyclic) bond motifs is 1. The monoisotopic (exact) mass is 386 g/mol. The van der Waals surface area contributed by atoms with Crippen molar-refractivity contribution < 1.29 is 19.5 Å². The molecule has 3 unspecified atom stereocenters. The summed E-state index contributed by atoms with van der Waals surface area (Å²) in [7, 11) is 0. The van der Waals surface area contributed by atoms with E-state index in [-0.39, 0.29) is 28.7 Å². The summed E-state index contributed by atoms with van der Waals surface area (Å²) in [6.07, 6.45) is 3.70.